The van der Waals surface area contributed by atoms with Crippen LogP contribution in [0.15, 0.2) is 53.5 Å². The van der Waals surface area contributed by atoms with Crippen molar-refractivity contribution in [1.82, 2.24) is 19.6 Å². The maximum absolute atomic E-state index is 13.4. The Morgan fingerprint density at radius 1 is 1.06 bits per heavy atom. The molecule has 1 saturated carbocycles. The molecule has 0 atom stereocenters. The molecular weight excluding hydrogens is 417 g/mol. The average molecular weight is 438 g/mol. The lowest BCUT2D eigenvalue weighted by Gasteiger charge is -2.12. The molecule has 8 heteroatoms. The zero-order chi connectivity index (χ0) is 22.6. The van der Waals surface area contributed by atoms with E-state index in [1.54, 1.807) is 10.9 Å². The third kappa shape index (κ3) is 3.59. The second-order valence-electron chi connectivity index (χ2n) is 8.43. The molecule has 2 aromatic carbocycles. The zero-order valence-electron chi connectivity index (χ0n) is 17.6. The largest absolute Gasteiger partial charge is 0.416 e. The smallest absolute Gasteiger partial charge is 0.265 e. The molecule has 1 aliphatic carbocycles. The van der Waals surface area contributed by atoms with E-state index in [0.717, 1.165) is 52.9 Å². The summed E-state index contributed by atoms with van der Waals surface area (Å²) in [5.74, 6) is 0.272. The van der Waals surface area contributed by atoms with E-state index >= 15 is 0 Å². The third-order valence-corrected chi connectivity index (χ3v) is 5.87. The van der Waals surface area contributed by atoms with Crippen molar-refractivity contribution in [2.75, 3.05) is 0 Å². The first kappa shape index (κ1) is 20.5. The van der Waals surface area contributed by atoms with Crippen LogP contribution >= 0.6 is 0 Å². The van der Waals surface area contributed by atoms with Crippen LogP contribution in [0.2, 0.25) is 0 Å². The Bertz CT molecular complexity index is 1380. The van der Waals surface area contributed by atoms with Gasteiger partial charge in [0.25, 0.3) is 5.56 Å². The summed E-state index contributed by atoms with van der Waals surface area (Å²) in [5.41, 5.74) is 3.73. The van der Waals surface area contributed by atoms with E-state index in [-0.39, 0.29) is 18.0 Å². The molecule has 164 valence electrons. The van der Waals surface area contributed by atoms with Crippen LogP contribution in [-0.4, -0.2) is 19.6 Å². The van der Waals surface area contributed by atoms with Crippen molar-refractivity contribution < 1.29 is 13.2 Å². The van der Waals surface area contributed by atoms with Crippen LogP contribution in [-0.2, 0) is 12.7 Å². The topological polar surface area (TPSA) is 52.7 Å². The summed E-state index contributed by atoms with van der Waals surface area (Å²) < 4.78 is 41.7. The fraction of sp³-hybridized carbons (Fsp3) is 0.292. The molecule has 0 unspecified atom stereocenters. The van der Waals surface area contributed by atoms with Gasteiger partial charge in [0.05, 0.1) is 29.7 Å². The molecule has 1 fully saturated rings. The summed E-state index contributed by atoms with van der Waals surface area (Å²) >= 11 is 0. The van der Waals surface area contributed by atoms with E-state index < -0.39 is 11.7 Å². The predicted molar refractivity (Wildman–Crippen MR) is 115 cm³/mol. The lowest BCUT2D eigenvalue weighted by molar-refractivity contribution is -0.137. The van der Waals surface area contributed by atoms with Gasteiger partial charge >= 0.3 is 6.18 Å². The van der Waals surface area contributed by atoms with E-state index in [1.165, 1.54) is 16.8 Å². The molecule has 32 heavy (non-hydrogen) atoms. The zero-order valence-corrected chi connectivity index (χ0v) is 17.6. The highest BCUT2D eigenvalue weighted by Gasteiger charge is 2.31. The maximum atomic E-state index is 13.4. The first-order valence-electron chi connectivity index (χ1n) is 10.4. The summed E-state index contributed by atoms with van der Waals surface area (Å²) in [6.45, 7) is 4.06. The van der Waals surface area contributed by atoms with Gasteiger partial charge in [0, 0.05) is 11.3 Å². The Labute approximate surface area is 182 Å². The van der Waals surface area contributed by atoms with Crippen LogP contribution in [0.5, 0.6) is 0 Å². The van der Waals surface area contributed by atoms with E-state index in [9.17, 15) is 18.0 Å². The molecular formula is C24H21F3N4O. The van der Waals surface area contributed by atoms with Gasteiger partial charge in [-0.3, -0.25) is 4.79 Å². The van der Waals surface area contributed by atoms with Crippen LogP contribution in [0.25, 0.3) is 16.6 Å². The molecule has 0 aliphatic heterocycles. The molecule has 0 amide bonds. The van der Waals surface area contributed by atoms with Gasteiger partial charge in [-0.1, -0.05) is 29.8 Å². The van der Waals surface area contributed by atoms with E-state index in [4.69, 9.17) is 0 Å². The van der Waals surface area contributed by atoms with Crippen molar-refractivity contribution >= 4 is 10.9 Å². The summed E-state index contributed by atoms with van der Waals surface area (Å²) in [5, 5.41) is 9.85. The summed E-state index contributed by atoms with van der Waals surface area (Å²) in [6, 6.07) is 10.8. The Balaban J connectivity index is 1.64. The van der Waals surface area contributed by atoms with Gasteiger partial charge in [0.2, 0.25) is 0 Å². The maximum Gasteiger partial charge on any atom is 0.416 e. The van der Waals surface area contributed by atoms with Gasteiger partial charge in [0.15, 0.2) is 0 Å². The van der Waals surface area contributed by atoms with Crippen molar-refractivity contribution in [2.24, 2.45) is 0 Å². The number of aryl methyl sites for hydroxylation is 2. The number of halogens is 3. The Morgan fingerprint density at radius 2 is 1.78 bits per heavy atom. The second kappa shape index (κ2) is 7.32. The lowest BCUT2D eigenvalue weighted by atomic mass is 10.1. The Hall–Kier alpha value is -3.42. The van der Waals surface area contributed by atoms with Gasteiger partial charge in [-0.15, -0.1) is 0 Å². The molecule has 0 bridgehead atoms. The number of benzene rings is 2. The Morgan fingerprint density at radius 3 is 2.41 bits per heavy atom. The number of rotatable bonds is 4. The van der Waals surface area contributed by atoms with Gasteiger partial charge in [-0.2, -0.15) is 23.4 Å². The minimum atomic E-state index is -4.40. The fourth-order valence-electron chi connectivity index (χ4n) is 4.06. The lowest BCUT2D eigenvalue weighted by Crippen LogP contribution is -2.26. The van der Waals surface area contributed by atoms with Crippen molar-refractivity contribution in [1.29, 1.82) is 0 Å². The fourth-order valence-corrected chi connectivity index (χ4v) is 4.06. The minimum absolute atomic E-state index is 0.0880. The Kier molecular flexibility index (Phi) is 4.69. The van der Waals surface area contributed by atoms with E-state index in [2.05, 4.69) is 10.2 Å². The van der Waals surface area contributed by atoms with Crippen molar-refractivity contribution in [2.45, 2.75) is 45.3 Å². The first-order valence-corrected chi connectivity index (χ1v) is 10.4. The number of hydrogen-bond donors (Lipinski definition) is 0. The van der Waals surface area contributed by atoms with Crippen LogP contribution < -0.4 is 5.56 Å². The highest BCUT2D eigenvalue weighted by molar-refractivity contribution is 5.82. The van der Waals surface area contributed by atoms with Gasteiger partial charge < -0.3 is 0 Å². The number of nitrogens with zero attached hydrogens (tertiary/aromatic N) is 4. The number of aromatic nitrogens is 4. The molecule has 0 saturated heterocycles. The predicted octanol–water partition coefficient (Wildman–Crippen LogP) is 5.14. The molecule has 5 nitrogen and oxygen atoms in total. The standard InChI is InChI=1S/C24H21F3N4O/c1-14-3-10-20(15(2)11-14)31-22-19(12-28-31)21(17-6-7-17)29-30(23(22)32)13-16-4-8-18(9-5-16)24(25,26)27/h3-5,8-12,17H,6-7,13H2,1-2H3. The van der Waals surface area contributed by atoms with Gasteiger partial charge in [-0.05, 0) is 56.0 Å². The summed E-state index contributed by atoms with van der Waals surface area (Å²) in [7, 11) is 0. The van der Waals surface area contributed by atoms with Crippen LogP contribution in [0.4, 0.5) is 13.2 Å². The molecule has 1 aliphatic rings. The molecule has 0 spiro atoms. The van der Waals surface area contributed by atoms with Crippen molar-refractivity contribution in [3.8, 4) is 5.69 Å². The molecule has 2 heterocycles. The first-order chi connectivity index (χ1) is 15.2. The van der Waals surface area contributed by atoms with Crippen LogP contribution in [0.3, 0.4) is 0 Å². The molecule has 4 aromatic rings. The number of fused-ring (bicyclic) bond motifs is 1. The third-order valence-electron chi connectivity index (χ3n) is 5.87. The van der Waals surface area contributed by atoms with E-state index in [1.807, 2.05) is 32.0 Å². The monoisotopic (exact) mass is 438 g/mol. The van der Waals surface area contributed by atoms with Crippen molar-refractivity contribution in [3.63, 3.8) is 0 Å². The van der Waals surface area contributed by atoms with Gasteiger partial charge in [0.1, 0.15) is 5.52 Å². The molecule has 5 rings (SSSR count). The second-order valence-corrected chi connectivity index (χ2v) is 8.43. The molecule has 0 N–H and O–H groups in total. The quantitative estimate of drug-likeness (QED) is 0.443. The summed E-state index contributed by atoms with van der Waals surface area (Å²) in [6.07, 6.45) is -0.714. The summed E-state index contributed by atoms with van der Waals surface area (Å²) in [4.78, 5) is 13.4. The van der Waals surface area contributed by atoms with Crippen molar-refractivity contribution in [3.05, 3.63) is 87.0 Å². The highest BCUT2D eigenvalue weighted by Crippen LogP contribution is 2.41. The minimum Gasteiger partial charge on any atom is -0.265 e. The average Bonchev–Trinajstić information content (AvgIpc) is 3.48. The number of alkyl halides is 3. The van der Waals surface area contributed by atoms with Crippen LogP contribution in [0.1, 0.15) is 46.7 Å². The highest BCUT2D eigenvalue weighted by atomic mass is 19.4. The SMILES string of the molecule is Cc1ccc(-n2ncc3c(C4CC4)nn(Cc4ccc(C(F)(F)F)cc4)c(=O)c32)c(C)c1. The molecule has 2 aromatic heterocycles. The van der Waals surface area contributed by atoms with Gasteiger partial charge in [-0.25, -0.2) is 9.36 Å². The number of hydrogen-bond acceptors (Lipinski definition) is 3. The normalized spacial score (nSPS) is 14.3. The molecule has 0 radical (unpaired) electrons. The van der Waals surface area contributed by atoms with E-state index in [0.29, 0.717) is 11.1 Å². The van der Waals surface area contributed by atoms with Crippen LogP contribution in [0, 0.1) is 13.8 Å².